The molecule has 2 heterocycles. The van der Waals surface area contributed by atoms with E-state index in [0.717, 1.165) is 43.1 Å². The number of rotatable bonds is 2. The normalized spacial score (nSPS) is 30.3. The van der Waals surface area contributed by atoms with Crippen molar-refractivity contribution in [2.24, 2.45) is 5.92 Å². The Morgan fingerprint density at radius 3 is 3.00 bits per heavy atom. The van der Waals surface area contributed by atoms with Crippen molar-refractivity contribution in [2.75, 3.05) is 20.3 Å². The van der Waals surface area contributed by atoms with Crippen LogP contribution in [-0.2, 0) is 4.74 Å². The van der Waals surface area contributed by atoms with Crippen molar-refractivity contribution in [3.63, 3.8) is 0 Å². The smallest absolute Gasteiger partial charge is 0.129 e. The number of aliphatic hydroxyl groups is 1. The van der Waals surface area contributed by atoms with Crippen LogP contribution in [0.3, 0.4) is 0 Å². The highest BCUT2D eigenvalue weighted by Gasteiger charge is 2.33. The predicted molar refractivity (Wildman–Crippen MR) is 70.5 cm³/mol. The summed E-state index contributed by atoms with van der Waals surface area (Å²) in [6, 6.07) is 5.59. The van der Waals surface area contributed by atoms with Crippen LogP contribution < -0.4 is 9.47 Å². The highest BCUT2D eigenvalue weighted by atomic mass is 16.5. The standard InChI is InChI=1S/C15H20O4/c1-17-11-4-5-12-13(16)8-14(19-15(12)7-11)10-3-2-6-18-9-10/h4-5,7,10,13-14,16H,2-3,6,8-9H2,1H3/t10?,13-,14?/m1/s1. The number of hydrogen-bond donors (Lipinski definition) is 1. The molecule has 0 aliphatic carbocycles. The lowest BCUT2D eigenvalue weighted by Gasteiger charge is -2.36. The molecule has 0 spiro atoms. The van der Waals surface area contributed by atoms with Gasteiger partial charge < -0.3 is 19.3 Å². The fraction of sp³-hybridized carbons (Fsp3) is 0.600. The van der Waals surface area contributed by atoms with Crippen LogP contribution in [0.25, 0.3) is 0 Å². The lowest BCUT2D eigenvalue weighted by molar-refractivity contribution is -0.0286. The minimum absolute atomic E-state index is 0.0370. The van der Waals surface area contributed by atoms with E-state index in [4.69, 9.17) is 14.2 Å². The van der Waals surface area contributed by atoms with Gasteiger partial charge in [0, 0.05) is 30.6 Å². The SMILES string of the molecule is COc1ccc2c(c1)OC(C1CCCOC1)C[C@H]2O. The van der Waals surface area contributed by atoms with Crippen LogP contribution in [0.15, 0.2) is 18.2 Å². The van der Waals surface area contributed by atoms with Gasteiger partial charge in [0.1, 0.15) is 17.6 Å². The van der Waals surface area contributed by atoms with Crippen LogP contribution in [0.1, 0.15) is 30.9 Å². The number of ether oxygens (including phenoxy) is 3. The molecule has 1 aromatic rings. The van der Waals surface area contributed by atoms with Crippen LogP contribution in [-0.4, -0.2) is 31.5 Å². The average molecular weight is 264 g/mol. The van der Waals surface area contributed by atoms with Gasteiger partial charge in [-0.1, -0.05) is 0 Å². The number of methoxy groups -OCH3 is 1. The van der Waals surface area contributed by atoms with Crippen LogP contribution >= 0.6 is 0 Å². The number of fused-ring (bicyclic) bond motifs is 1. The molecule has 0 bridgehead atoms. The van der Waals surface area contributed by atoms with E-state index < -0.39 is 6.10 Å². The van der Waals surface area contributed by atoms with Gasteiger partial charge in [-0.15, -0.1) is 0 Å². The highest BCUT2D eigenvalue weighted by Crippen LogP contribution is 2.40. The van der Waals surface area contributed by atoms with Gasteiger partial charge in [-0.25, -0.2) is 0 Å². The van der Waals surface area contributed by atoms with Gasteiger partial charge in [-0.2, -0.15) is 0 Å². The first-order chi connectivity index (χ1) is 9.28. The van der Waals surface area contributed by atoms with Crippen molar-refractivity contribution >= 4 is 0 Å². The Balaban J connectivity index is 1.81. The highest BCUT2D eigenvalue weighted by molar-refractivity contribution is 5.43. The molecule has 4 heteroatoms. The zero-order valence-corrected chi connectivity index (χ0v) is 11.2. The summed E-state index contributed by atoms with van der Waals surface area (Å²) >= 11 is 0. The van der Waals surface area contributed by atoms with Gasteiger partial charge in [-0.3, -0.25) is 0 Å². The number of benzene rings is 1. The Morgan fingerprint density at radius 1 is 1.37 bits per heavy atom. The van der Waals surface area contributed by atoms with Crippen LogP contribution in [0, 0.1) is 5.92 Å². The summed E-state index contributed by atoms with van der Waals surface area (Å²) in [5, 5.41) is 10.3. The summed E-state index contributed by atoms with van der Waals surface area (Å²) in [5.41, 5.74) is 0.855. The topological polar surface area (TPSA) is 47.9 Å². The summed E-state index contributed by atoms with van der Waals surface area (Å²) in [6.07, 6.45) is 2.41. The van der Waals surface area contributed by atoms with Crippen LogP contribution in [0.2, 0.25) is 0 Å². The Hall–Kier alpha value is -1.26. The second-order valence-corrected chi connectivity index (χ2v) is 5.29. The van der Waals surface area contributed by atoms with E-state index in [1.165, 1.54) is 0 Å². The van der Waals surface area contributed by atoms with Gasteiger partial charge in [0.05, 0.1) is 19.8 Å². The van der Waals surface area contributed by atoms with E-state index in [2.05, 4.69) is 0 Å². The second-order valence-electron chi connectivity index (χ2n) is 5.29. The molecule has 0 radical (unpaired) electrons. The van der Waals surface area contributed by atoms with Gasteiger partial charge in [-0.05, 0) is 25.0 Å². The first kappa shape index (κ1) is 12.8. The third-order valence-corrected chi connectivity index (χ3v) is 4.03. The summed E-state index contributed by atoms with van der Waals surface area (Å²) in [4.78, 5) is 0. The van der Waals surface area contributed by atoms with E-state index in [1.807, 2.05) is 18.2 Å². The van der Waals surface area contributed by atoms with Gasteiger partial charge >= 0.3 is 0 Å². The molecular weight excluding hydrogens is 244 g/mol. The zero-order chi connectivity index (χ0) is 13.2. The van der Waals surface area contributed by atoms with Gasteiger partial charge in [0.15, 0.2) is 0 Å². The quantitative estimate of drug-likeness (QED) is 0.890. The Bertz CT molecular complexity index is 440. The summed E-state index contributed by atoms with van der Waals surface area (Å²) in [7, 11) is 1.63. The monoisotopic (exact) mass is 264 g/mol. The molecule has 1 saturated heterocycles. The maximum Gasteiger partial charge on any atom is 0.129 e. The summed E-state index contributed by atoms with van der Waals surface area (Å²) in [5.74, 6) is 1.88. The number of aliphatic hydroxyl groups excluding tert-OH is 1. The molecule has 0 aromatic heterocycles. The molecule has 4 nitrogen and oxygen atoms in total. The van der Waals surface area contributed by atoms with Crippen molar-refractivity contribution in [2.45, 2.75) is 31.5 Å². The molecule has 104 valence electrons. The van der Waals surface area contributed by atoms with E-state index in [1.54, 1.807) is 7.11 Å². The molecule has 0 amide bonds. The minimum Gasteiger partial charge on any atom is -0.497 e. The van der Waals surface area contributed by atoms with Crippen LogP contribution in [0.5, 0.6) is 11.5 Å². The molecule has 2 unspecified atom stereocenters. The molecule has 1 N–H and O–H groups in total. The molecule has 2 aliphatic heterocycles. The predicted octanol–water partition coefficient (Wildman–Crippen LogP) is 2.31. The van der Waals surface area contributed by atoms with Gasteiger partial charge in [0.25, 0.3) is 0 Å². The van der Waals surface area contributed by atoms with Crippen molar-refractivity contribution in [1.82, 2.24) is 0 Å². The molecule has 0 saturated carbocycles. The lowest BCUT2D eigenvalue weighted by Crippen LogP contribution is -2.37. The third-order valence-electron chi connectivity index (χ3n) is 4.03. The van der Waals surface area contributed by atoms with Crippen molar-refractivity contribution in [3.8, 4) is 11.5 Å². The van der Waals surface area contributed by atoms with E-state index in [9.17, 15) is 5.11 Å². The van der Waals surface area contributed by atoms with Crippen LogP contribution in [0.4, 0.5) is 0 Å². The van der Waals surface area contributed by atoms with Crippen molar-refractivity contribution < 1.29 is 19.3 Å². The second kappa shape index (κ2) is 5.39. The first-order valence-electron chi connectivity index (χ1n) is 6.88. The summed E-state index contributed by atoms with van der Waals surface area (Å²) < 4.78 is 16.8. The largest absolute Gasteiger partial charge is 0.497 e. The molecular formula is C15H20O4. The minimum atomic E-state index is -0.457. The third kappa shape index (κ3) is 2.55. The van der Waals surface area contributed by atoms with E-state index >= 15 is 0 Å². The molecule has 1 aromatic carbocycles. The average Bonchev–Trinajstić information content (AvgIpc) is 2.47. The zero-order valence-electron chi connectivity index (χ0n) is 11.2. The fourth-order valence-corrected chi connectivity index (χ4v) is 2.92. The van der Waals surface area contributed by atoms with E-state index in [0.29, 0.717) is 12.3 Å². The Labute approximate surface area is 113 Å². The van der Waals surface area contributed by atoms with Crippen molar-refractivity contribution in [1.29, 1.82) is 0 Å². The molecule has 1 fully saturated rings. The van der Waals surface area contributed by atoms with Gasteiger partial charge in [0.2, 0.25) is 0 Å². The maximum absolute atomic E-state index is 10.3. The van der Waals surface area contributed by atoms with Crippen molar-refractivity contribution in [3.05, 3.63) is 23.8 Å². The number of hydrogen-bond acceptors (Lipinski definition) is 4. The fourth-order valence-electron chi connectivity index (χ4n) is 2.92. The lowest BCUT2D eigenvalue weighted by atomic mass is 9.88. The Kier molecular flexibility index (Phi) is 3.62. The molecule has 3 rings (SSSR count). The molecule has 3 atom stereocenters. The Morgan fingerprint density at radius 2 is 2.26 bits per heavy atom. The first-order valence-corrected chi connectivity index (χ1v) is 6.88. The maximum atomic E-state index is 10.3. The molecule has 2 aliphatic rings. The van der Waals surface area contributed by atoms with E-state index in [-0.39, 0.29) is 6.10 Å². The summed E-state index contributed by atoms with van der Waals surface area (Å²) in [6.45, 7) is 1.58. The molecule has 19 heavy (non-hydrogen) atoms.